The molecule has 0 atom stereocenters. The Balaban J connectivity index is 1.34. The molecule has 2 heterocycles. The fourth-order valence-corrected chi connectivity index (χ4v) is 6.42. The van der Waals surface area contributed by atoms with Crippen molar-refractivity contribution in [2.45, 2.75) is 35.4 Å². The first-order valence-corrected chi connectivity index (χ1v) is 12.8. The molecule has 0 aromatic heterocycles. The molecule has 4 aromatic carbocycles. The number of aldehydes is 4. The van der Waals surface area contributed by atoms with Gasteiger partial charge in [-0.1, -0.05) is 48.5 Å². The Labute approximate surface area is 227 Å². The number of anilines is 4. The Morgan fingerprint density at radius 2 is 0.950 bits per heavy atom. The van der Waals surface area contributed by atoms with Crippen molar-refractivity contribution in [1.29, 1.82) is 0 Å². The number of carbonyl (C=O) groups is 4. The molecule has 0 amide bonds. The molecule has 1 aliphatic carbocycles. The number of hydrogen-bond acceptors (Lipinski definition) is 10. The van der Waals surface area contributed by atoms with Crippen LogP contribution >= 0.6 is 0 Å². The molecular formula is C30H22N4O6-2. The zero-order valence-corrected chi connectivity index (χ0v) is 20.8. The monoisotopic (exact) mass is 534 g/mol. The van der Waals surface area contributed by atoms with Gasteiger partial charge in [0, 0.05) is 33.5 Å². The highest BCUT2D eigenvalue weighted by atomic mass is 16.3. The maximum atomic E-state index is 13.9. The van der Waals surface area contributed by atoms with Crippen LogP contribution in [0.4, 0.5) is 22.7 Å². The van der Waals surface area contributed by atoms with Gasteiger partial charge in [-0.05, 0) is 45.9 Å². The molecule has 200 valence electrons. The van der Waals surface area contributed by atoms with Crippen LogP contribution in [0.5, 0.6) is 0 Å². The van der Waals surface area contributed by atoms with Crippen molar-refractivity contribution in [1.82, 2.24) is 0 Å². The van der Waals surface area contributed by atoms with Gasteiger partial charge in [-0.3, -0.25) is 19.2 Å². The summed E-state index contributed by atoms with van der Waals surface area (Å²) >= 11 is 0. The van der Waals surface area contributed by atoms with Gasteiger partial charge in [0.1, 0.15) is 0 Å². The lowest BCUT2D eigenvalue weighted by Crippen LogP contribution is -2.64. The lowest BCUT2D eigenvalue weighted by Gasteiger charge is -2.62. The summed E-state index contributed by atoms with van der Waals surface area (Å²) in [6.45, 7) is 0. The minimum Gasteiger partial charge on any atom is -0.851 e. The van der Waals surface area contributed by atoms with Crippen LogP contribution in [0.3, 0.4) is 0 Å². The van der Waals surface area contributed by atoms with Crippen LogP contribution in [0, 0.1) is 0 Å². The van der Waals surface area contributed by atoms with E-state index in [9.17, 15) is 29.4 Å². The predicted molar refractivity (Wildman–Crippen MR) is 145 cm³/mol. The van der Waals surface area contributed by atoms with Crippen molar-refractivity contribution in [3.8, 4) is 0 Å². The fourth-order valence-electron chi connectivity index (χ4n) is 6.42. The Kier molecular flexibility index (Phi) is 5.06. The second kappa shape index (κ2) is 8.35. The summed E-state index contributed by atoms with van der Waals surface area (Å²) in [5, 5.41) is 42.5. The van der Waals surface area contributed by atoms with Crippen LogP contribution in [-0.2, 0) is 19.2 Å². The molecule has 0 bridgehead atoms. The molecule has 0 unspecified atom stereocenters. The third-order valence-electron chi connectivity index (χ3n) is 8.38. The van der Waals surface area contributed by atoms with Gasteiger partial charge >= 0.3 is 0 Å². The van der Waals surface area contributed by atoms with Gasteiger partial charge in [0.15, 0.2) is 25.1 Å². The Hall–Kier alpha value is -4.80. The van der Waals surface area contributed by atoms with E-state index in [1.165, 1.54) is 0 Å². The van der Waals surface area contributed by atoms with E-state index in [1.807, 2.05) is 24.3 Å². The second-order valence-electron chi connectivity index (χ2n) is 10.6. The zero-order valence-electron chi connectivity index (χ0n) is 20.8. The third kappa shape index (κ3) is 3.11. The summed E-state index contributed by atoms with van der Waals surface area (Å²) in [5.74, 6) is -1.94. The highest BCUT2D eigenvalue weighted by Crippen LogP contribution is 2.53. The summed E-state index contributed by atoms with van der Waals surface area (Å²) < 4.78 is 0. The standard InChI is InChI=1S/C30H22N4O6/c35-11-29(12-36)31-19-5-1-3-15-7-9-17(25(33-29)21(15)19)23-27(39)24(28(23)40)18-10-8-16-4-2-6-20-22(16)26(18)34-30(13-37,14-38)32-20/h1-14,23-24,27-28,31-34H/q-2. The Bertz CT molecular complexity index is 1620. The van der Waals surface area contributed by atoms with Crippen molar-refractivity contribution in [3.05, 3.63) is 71.8 Å². The average Bonchev–Trinajstić information content (AvgIpc) is 2.99. The molecular weight excluding hydrogens is 512 g/mol. The summed E-state index contributed by atoms with van der Waals surface area (Å²) in [6.07, 6.45) is -0.934. The van der Waals surface area contributed by atoms with Gasteiger partial charge in [-0.2, -0.15) is 0 Å². The number of benzene rings is 4. The van der Waals surface area contributed by atoms with Crippen molar-refractivity contribution in [3.63, 3.8) is 0 Å². The van der Waals surface area contributed by atoms with Gasteiger partial charge in [0.25, 0.3) is 0 Å². The van der Waals surface area contributed by atoms with E-state index >= 15 is 0 Å². The number of hydrogen-bond donors (Lipinski definition) is 4. The second-order valence-corrected chi connectivity index (χ2v) is 10.6. The maximum absolute atomic E-state index is 13.9. The zero-order chi connectivity index (χ0) is 27.8. The molecule has 40 heavy (non-hydrogen) atoms. The maximum Gasteiger partial charge on any atom is 0.222 e. The van der Waals surface area contributed by atoms with Crippen LogP contribution in [0.1, 0.15) is 23.0 Å². The van der Waals surface area contributed by atoms with Gasteiger partial charge in [-0.25, -0.2) is 0 Å². The number of nitrogens with one attached hydrogen (secondary N) is 4. The summed E-state index contributed by atoms with van der Waals surface area (Å²) in [6, 6.07) is 17.8. The Morgan fingerprint density at radius 3 is 1.32 bits per heavy atom. The molecule has 7 rings (SSSR count). The van der Waals surface area contributed by atoms with E-state index < -0.39 is 35.4 Å². The largest absolute Gasteiger partial charge is 0.851 e. The molecule has 0 radical (unpaired) electrons. The highest BCUT2D eigenvalue weighted by molar-refractivity contribution is 6.13. The van der Waals surface area contributed by atoms with Crippen molar-refractivity contribution in [2.75, 3.05) is 21.3 Å². The van der Waals surface area contributed by atoms with E-state index in [4.69, 9.17) is 0 Å². The normalized spacial score (nSPS) is 24.9. The topological polar surface area (TPSA) is 163 Å². The lowest BCUT2D eigenvalue weighted by molar-refractivity contribution is -0.535. The fraction of sp³-hybridized carbons (Fsp3) is 0.200. The van der Waals surface area contributed by atoms with E-state index in [0.29, 0.717) is 69.8 Å². The van der Waals surface area contributed by atoms with Gasteiger partial charge < -0.3 is 31.5 Å². The van der Waals surface area contributed by atoms with E-state index in [1.54, 1.807) is 36.4 Å². The van der Waals surface area contributed by atoms with Crippen LogP contribution in [0.2, 0.25) is 0 Å². The Morgan fingerprint density at radius 1 is 0.550 bits per heavy atom. The first-order valence-electron chi connectivity index (χ1n) is 12.8. The third-order valence-corrected chi connectivity index (χ3v) is 8.38. The molecule has 1 fully saturated rings. The highest BCUT2D eigenvalue weighted by Gasteiger charge is 2.44. The molecule has 0 saturated heterocycles. The first kappa shape index (κ1) is 24.3. The lowest BCUT2D eigenvalue weighted by atomic mass is 9.62. The van der Waals surface area contributed by atoms with Gasteiger partial charge in [0.2, 0.25) is 11.3 Å². The van der Waals surface area contributed by atoms with Crippen LogP contribution < -0.4 is 31.5 Å². The summed E-state index contributed by atoms with van der Waals surface area (Å²) in [7, 11) is 0. The average molecular weight is 535 g/mol. The minimum absolute atomic E-state index is 0.404. The molecule has 2 aliphatic heterocycles. The van der Waals surface area contributed by atoms with Crippen molar-refractivity contribution >= 4 is 69.4 Å². The van der Waals surface area contributed by atoms with Crippen LogP contribution in [-0.4, -0.2) is 48.7 Å². The molecule has 4 N–H and O–H groups in total. The number of rotatable bonds is 6. The number of carbonyl (C=O) groups excluding carboxylic acids is 4. The van der Waals surface area contributed by atoms with Gasteiger partial charge in [-0.15, -0.1) is 12.2 Å². The minimum atomic E-state index is -1.74. The molecule has 0 spiro atoms. The van der Waals surface area contributed by atoms with Crippen molar-refractivity contribution < 1.29 is 29.4 Å². The first-order chi connectivity index (χ1) is 19.4. The smallest absolute Gasteiger partial charge is 0.222 e. The molecule has 4 aromatic rings. The van der Waals surface area contributed by atoms with Gasteiger partial charge in [0.05, 0.1) is 0 Å². The van der Waals surface area contributed by atoms with Crippen LogP contribution in [0.25, 0.3) is 21.5 Å². The quantitative estimate of drug-likeness (QED) is 0.209. The molecule has 1 saturated carbocycles. The summed E-state index contributed by atoms with van der Waals surface area (Å²) in [5.41, 5.74) is -0.717. The molecule has 3 aliphatic rings. The summed E-state index contributed by atoms with van der Waals surface area (Å²) in [4.78, 5) is 47.8. The molecule has 10 heteroatoms. The van der Waals surface area contributed by atoms with Crippen molar-refractivity contribution in [2.24, 2.45) is 0 Å². The van der Waals surface area contributed by atoms with Crippen LogP contribution in [0.15, 0.2) is 60.7 Å². The molecule has 10 nitrogen and oxygen atoms in total. The van der Waals surface area contributed by atoms with E-state index in [0.717, 1.165) is 10.8 Å². The van der Waals surface area contributed by atoms with E-state index in [2.05, 4.69) is 21.3 Å². The predicted octanol–water partition coefficient (Wildman–Crippen LogP) is 1.19. The van der Waals surface area contributed by atoms with E-state index in [-0.39, 0.29) is 0 Å². The SMILES string of the molecule is O=CC1(C=O)Nc2cccc3ccc(C4C([O-])C(c5ccc6cccc7c6c5NC(C=O)(C=O)N7)C4[O-])c(c23)N1.